The van der Waals surface area contributed by atoms with E-state index >= 15 is 0 Å². The Labute approximate surface area is 91.5 Å². The van der Waals surface area contributed by atoms with Crippen molar-refractivity contribution >= 4 is 17.4 Å². The highest BCUT2D eigenvalue weighted by atomic mass is 35.5. The fourth-order valence-electron chi connectivity index (χ4n) is 1.03. The van der Waals surface area contributed by atoms with E-state index in [9.17, 15) is 0 Å². The molecule has 0 amide bonds. The summed E-state index contributed by atoms with van der Waals surface area (Å²) in [5.41, 5.74) is 6.85. The standard InChI is InChI=1S/C10H7ClN4/c11-9-8(10(12)15-6-14-9)4-3-7-2-1-5-13-7/h1-2,5-6,13H,(H2,12,14,15). The Morgan fingerprint density at radius 3 is 2.87 bits per heavy atom. The fourth-order valence-corrected chi connectivity index (χ4v) is 1.22. The molecule has 0 fully saturated rings. The molecule has 0 spiro atoms. The monoisotopic (exact) mass is 218 g/mol. The molecule has 0 saturated carbocycles. The predicted octanol–water partition coefficient (Wildman–Crippen LogP) is 1.44. The minimum Gasteiger partial charge on any atom is -0.383 e. The van der Waals surface area contributed by atoms with E-state index in [-0.39, 0.29) is 11.0 Å². The number of aromatic amines is 1. The molecule has 0 unspecified atom stereocenters. The second kappa shape index (κ2) is 4.03. The summed E-state index contributed by atoms with van der Waals surface area (Å²) < 4.78 is 0. The van der Waals surface area contributed by atoms with Gasteiger partial charge in [0.25, 0.3) is 0 Å². The Hall–Kier alpha value is -1.99. The lowest BCUT2D eigenvalue weighted by atomic mass is 10.3. The first-order valence-electron chi connectivity index (χ1n) is 4.19. The van der Waals surface area contributed by atoms with Crippen molar-refractivity contribution in [3.05, 3.63) is 41.1 Å². The largest absolute Gasteiger partial charge is 0.383 e. The summed E-state index contributed by atoms with van der Waals surface area (Å²) in [5, 5.41) is 0.265. The molecule has 0 aliphatic carbocycles. The van der Waals surface area contributed by atoms with E-state index < -0.39 is 0 Å². The topological polar surface area (TPSA) is 67.6 Å². The average Bonchev–Trinajstić information content (AvgIpc) is 2.70. The summed E-state index contributed by atoms with van der Waals surface area (Å²) in [6.07, 6.45) is 3.09. The van der Waals surface area contributed by atoms with Crippen LogP contribution in [0.25, 0.3) is 0 Å². The minimum atomic E-state index is 0.265. The Kier molecular flexibility index (Phi) is 2.57. The first-order chi connectivity index (χ1) is 7.27. The number of anilines is 1. The molecule has 0 aliphatic heterocycles. The van der Waals surface area contributed by atoms with Crippen molar-refractivity contribution < 1.29 is 0 Å². The second-order valence-electron chi connectivity index (χ2n) is 2.76. The summed E-state index contributed by atoms with van der Waals surface area (Å²) in [5.74, 6) is 5.98. The maximum atomic E-state index is 5.83. The van der Waals surface area contributed by atoms with Crippen LogP contribution in [0, 0.1) is 11.8 Å². The number of nitrogen functional groups attached to an aromatic ring is 1. The number of H-pyrrole nitrogens is 1. The highest BCUT2D eigenvalue weighted by molar-refractivity contribution is 6.30. The lowest BCUT2D eigenvalue weighted by molar-refractivity contribution is 1.17. The number of hydrogen-bond donors (Lipinski definition) is 2. The van der Waals surface area contributed by atoms with Crippen LogP contribution < -0.4 is 5.73 Å². The third-order valence-electron chi connectivity index (χ3n) is 1.75. The zero-order valence-corrected chi connectivity index (χ0v) is 8.42. The van der Waals surface area contributed by atoms with Gasteiger partial charge in [-0.15, -0.1) is 0 Å². The van der Waals surface area contributed by atoms with Crippen LogP contribution in [0.5, 0.6) is 0 Å². The zero-order valence-electron chi connectivity index (χ0n) is 7.66. The Balaban J connectivity index is 2.39. The van der Waals surface area contributed by atoms with Crippen LogP contribution in [0.15, 0.2) is 24.7 Å². The third-order valence-corrected chi connectivity index (χ3v) is 2.04. The third kappa shape index (κ3) is 2.09. The maximum Gasteiger partial charge on any atom is 0.150 e. The van der Waals surface area contributed by atoms with Gasteiger partial charge in [-0.3, -0.25) is 0 Å². The van der Waals surface area contributed by atoms with E-state index in [1.165, 1.54) is 6.33 Å². The summed E-state index contributed by atoms with van der Waals surface area (Å²) in [7, 11) is 0. The lowest BCUT2D eigenvalue weighted by Gasteiger charge is -1.96. The average molecular weight is 219 g/mol. The van der Waals surface area contributed by atoms with Crippen LogP contribution in [-0.2, 0) is 0 Å². The predicted molar refractivity (Wildman–Crippen MR) is 58.2 cm³/mol. The van der Waals surface area contributed by atoms with Crippen molar-refractivity contribution in [2.45, 2.75) is 0 Å². The molecule has 0 aromatic carbocycles. The number of aromatic nitrogens is 3. The number of nitrogens with zero attached hydrogens (tertiary/aromatic N) is 2. The van der Waals surface area contributed by atoms with Gasteiger partial charge in [0.1, 0.15) is 22.9 Å². The van der Waals surface area contributed by atoms with Gasteiger partial charge in [0.05, 0.1) is 5.69 Å². The fraction of sp³-hybridized carbons (Fsp3) is 0. The van der Waals surface area contributed by atoms with Gasteiger partial charge in [-0.25, -0.2) is 9.97 Å². The Morgan fingerprint density at radius 1 is 1.33 bits per heavy atom. The van der Waals surface area contributed by atoms with Gasteiger partial charge in [-0.2, -0.15) is 0 Å². The molecule has 0 saturated heterocycles. The highest BCUT2D eigenvalue weighted by Crippen LogP contribution is 2.15. The summed E-state index contributed by atoms with van der Waals surface area (Å²) >= 11 is 5.83. The van der Waals surface area contributed by atoms with Gasteiger partial charge < -0.3 is 10.7 Å². The molecule has 5 heteroatoms. The molecule has 2 rings (SSSR count). The lowest BCUT2D eigenvalue weighted by Crippen LogP contribution is -1.96. The van der Waals surface area contributed by atoms with E-state index in [2.05, 4.69) is 26.8 Å². The van der Waals surface area contributed by atoms with Crippen molar-refractivity contribution in [3.63, 3.8) is 0 Å². The maximum absolute atomic E-state index is 5.83. The van der Waals surface area contributed by atoms with E-state index in [0.29, 0.717) is 5.56 Å². The summed E-state index contributed by atoms with van der Waals surface area (Å²) in [6, 6.07) is 3.71. The van der Waals surface area contributed by atoms with Crippen molar-refractivity contribution in [1.29, 1.82) is 0 Å². The molecule has 2 aromatic heterocycles. The van der Waals surface area contributed by atoms with Crippen LogP contribution >= 0.6 is 11.6 Å². The van der Waals surface area contributed by atoms with Crippen LogP contribution in [-0.4, -0.2) is 15.0 Å². The Morgan fingerprint density at radius 2 is 2.20 bits per heavy atom. The molecule has 4 nitrogen and oxygen atoms in total. The van der Waals surface area contributed by atoms with Crippen LogP contribution in [0.4, 0.5) is 5.82 Å². The van der Waals surface area contributed by atoms with Crippen molar-refractivity contribution in [1.82, 2.24) is 15.0 Å². The summed E-state index contributed by atoms with van der Waals surface area (Å²) in [4.78, 5) is 10.6. The first-order valence-corrected chi connectivity index (χ1v) is 4.56. The molecular formula is C10H7ClN4. The van der Waals surface area contributed by atoms with Gasteiger partial charge in [0.2, 0.25) is 0 Å². The molecule has 3 N–H and O–H groups in total. The van der Waals surface area contributed by atoms with E-state index in [1.807, 2.05) is 12.1 Å². The van der Waals surface area contributed by atoms with Crippen molar-refractivity contribution in [2.24, 2.45) is 0 Å². The molecule has 2 heterocycles. The highest BCUT2D eigenvalue weighted by Gasteiger charge is 2.02. The second-order valence-corrected chi connectivity index (χ2v) is 3.12. The molecule has 74 valence electrons. The van der Waals surface area contributed by atoms with Crippen LogP contribution in [0.2, 0.25) is 5.15 Å². The van der Waals surface area contributed by atoms with E-state index in [4.69, 9.17) is 17.3 Å². The van der Waals surface area contributed by atoms with Gasteiger partial charge in [-0.05, 0) is 18.1 Å². The molecule has 0 radical (unpaired) electrons. The van der Waals surface area contributed by atoms with Gasteiger partial charge in [0, 0.05) is 6.20 Å². The quantitative estimate of drug-likeness (QED) is 0.519. The first kappa shape index (κ1) is 9.56. The van der Waals surface area contributed by atoms with E-state index in [0.717, 1.165) is 5.69 Å². The van der Waals surface area contributed by atoms with Gasteiger partial charge >= 0.3 is 0 Å². The Bertz CT molecular complexity index is 502. The van der Waals surface area contributed by atoms with Crippen molar-refractivity contribution in [2.75, 3.05) is 5.73 Å². The van der Waals surface area contributed by atoms with Crippen LogP contribution in [0.1, 0.15) is 11.3 Å². The number of rotatable bonds is 0. The number of nitrogens with two attached hydrogens (primary N) is 1. The minimum absolute atomic E-state index is 0.265. The number of halogens is 1. The summed E-state index contributed by atoms with van der Waals surface area (Å²) in [6.45, 7) is 0. The molecular weight excluding hydrogens is 212 g/mol. The zero-order chi connectivity index (χ0) is 10.7. The smallest absolute Gasteiger partial charge is 0.150 e. The SMILES string of the molecule is Nc1ncnc(Cl)c1C#Cc1ccc[nH]1. The molecule has 2 aromatic rings. The van der Waals surface area contributed by atoms with Gasteiger partial charge in [-0.1, -0.05) is 17.5 Å². The normalized spacial score (nSPS) is 9.40. The van der Waals surface area contributed by atoms with Crippen molar-refractivity contribution in [3.8, 4) is 11.8 Å². The number of hydrogen-bond acceptors (Lipinski definition) is 3. The van der Waals surface area contributed by atoms with E-state index in [1.54, 1.807) is 6.20 Å². The molecule has 0 atom stereocenters. The van der Waals surface area contributed by atoms with Crippen LogP contribution in [0.3, 0.4) is 0 Å². The molecule has 15 heavy (non-hydrogen) atoms. The molecule has 0 bridgehead atoms. The van der Waals surface area contributed by atoms with Gasteiger partial charge in [0.15, 0.2) is 0 Å². The molecule has 0 aliphatic rings. The number of nitrogens with one attached hydrogen (secondary N) is 1.